The summed E-state index contributed by atoms with van der Waals surface area (Å²) in [6, 6.07) is 7.62. The maximum absolute atomic E-state index is 5.95. The molecule has 2 aromatic heterocycles. The van der Waals surface area contributed by atoms with Gasteiger partial charge in [-0.05, 0) is 31.2 Å². The van der Waals surface area contributed by atoms with Gasteiger partial charge in [0.25, 0.3) is 0 Å². The highest BCUT2D eigenvalue weighted by Crippen LogP contribution is 2.28. The molecule has 2 heterocycles. The van der Waals surface area contributed by atoms with Crippen LogP contribution in [0.5, 0.6) is 0 Å². The van der Waals surface area contributed by atoms with Crippen molar-refractivity contribution in [2.75, 3.05) is 5.32 Å². The molecule has 0 amide bonds. The van der Waals surface area contributed by atoms with E-state index in [4.69, 9.17) is 11.6 Å². The molecule has 0 radical (unpaired) electrons. The minimum atomic E-state index is 0.636. The normalized spacial score (nSPS) is 10.8. The Morgan fingerprint density at radius 2 is 2.16 bits per heavy atom. The minimum Gasteiger partial charge on any atom is -0.356 e. The van der Waals surface area contributed by atoms with E-state index in [1.165, 1.54) is 0 Å². The Bertz CT molecular complexity index is 725. The summed E-state index contributed by atoms with van der Waals surface area (Å²) in [4.78, 5) is 12.9. The van der Waals surface area contributed by atoms with Crippen molar-refractivity contribution in [1.82, 2.24) is 15.0 Å². The van der Waals surface area contributed by atoms with Crippen molar-refractivity contribution in [3.05, 3.63) is 47.0 Å². The Morgan fingerprint density at radius 1 is 1.26 bits per heavy atom. The average molecular weight is 291 g/mol. The van der Waals surface area contributed by atoms with Crippen molar-refractivity contribution in [1.29, 1.82) is 0 Å². The minimum absolute atomic E-state index is 0.636. The summed E-state index contributed by atoms with van der Waals surface area (Å²) in [6.45, 7) is 2.51. The largest absolute Gasteiger partial charge is 0.356 e. The predicted molar refractivity (Wildman–Crippen MR) is 78.7 cm³/mol. The van der Waals surface area contributed by atoms with E-state index in [9.17, 15) is 0 Å². The van der Waals surface area contributed by atoms with Crippen LogP contribution < -0.4 is 5.32 Å². The van der Waals surface area contributed by atoms with E-state index in [2.05, 4.69) is 20.3 Å². The van der Waals surface area contributed by atoms with E-state index in [1.807, 2.05) is 31.2 Å². The van der Waals surface area contributed by atoms with Gasteiger partial charge in [-0.3, -0.25) is 0 Å². The molecular formula is C13H11ClN4S. The number of anilines is 1. The van der Waals surface area contributed by atoms with E-state index < -0.39 is 0 Å². The number of hydrogen-bond donors (Lipinski definition) is 1. The molecule has 6 heteroatoms. The Labute approximate surface area is 119 Å². The van der Waals surface area contributed by atoms with Crippen molar-refractivity contribution in [3.8, 4) is 0 Å². The Hall–Kier alpha value is -1.72. The predicted octanol–water partition coefficient (Wildman–Crippen LogP) is 3.66. The summed E-state index contributed by atoms with van der Waals surface area (Å²) in [6.07, 6.45) is 1.76. The summed E-state index contributed by atoms with van der Waals surface area (Å²) in [5.41, 5.74) is 1.86. The van der Waals surface area contributed by atoms with Gasteiger partial charge in [0.15, 0.2) is 5.13 Å². The molecular weight excluding hydrogens is 280 g/mol. The zero-order chi connectivity index (χ0) is 13.2. The number of halogens is 1. The first-order chi connectivity index (χ1) is 9.20. The Kier molecular flexibility index (Phi) is 3.31. The van der Waals surface area contributed by atoms with Crippen molar-refractivity contribution < 1.29 is 0 Å². The van der Waals surface area contributed by atoms with Gasteiger partial charge in [0, 0.05) is 11.2 Å². The molecule has 0 aliphatic carbocycles. The van der Waals surface area contributed by atoms with E-state index in [1.54, 1.807) is 17.5 Å². The van der Waals surface area contributed by atoms with Gasteiger partial charge in [0.1, 0.15) is 5.82 Å². The summed E-state index contributed by atoms with van der Waals surface area (Å²) in [7, 11) is 0. The SMILES string of the molecule is Cc1nccc(CNc2nc3cc(Cl)ccc3s2)n1. The summed E-state index contributed by atoms with van der Waals surface area (Å²) in [5, 5.41) is 4.84. The molecule has 0 atom stereocenters. The zero-order valence-corrected chi connectivity index (χ0v) is 11.8. The van der Waals surface area contributed by atoms with Crippen LogP contribution in [0.4, 0.5) is 5.13 Å². The zero-order valence-electron chi connectivity index (χ0n) is 10.2. The molecule has 4 nitrogen and oxygen atoms in total. The number of nitrogens with zero attached hydrogens (tertiary/aromatic N) is 3. The fourth-order valence-electron chi connectivity index (χ4n) is 1.75. The third-order valence-corrected chi connectivity index (χ3v) is 3.83. The first-order valence-electron chi connectivity index (χ1n) is 5.79. The number of thiazole rings is 1. The highest BCUT2D eigenvalue weighted by molar-refractivity contribution is 7.22. The molecule has 19 heavy (non-hydrogen) atoms. The standard InChI is InChI=1S/C13H11ClN4S/c1-8-15-5-4-10(17-8)7-16-13-18-11-6-9(14)2-3-12(11)19-13/h2-6H,7H2,1H3,(H,16,18). The molecule has 1 aromatic carbocycles. The highest BCUT2D eigenvalue weighted by Gasteiger charge is 2.04. The second kappa shape index (κ2) is 5.11. The fraction of sp³-hybridized carbons (Fsp3) is 0.154. The number of nitrogens with one attached hydrogen (secondary N) is 1. The molecule has 0 unspecified atom stereocenters. The fourth-order valence-corrected chi connectivity index (χ4v) is 2.75. The molecule has 0 saturated carbocycles. The first-order valence-corrected chi connectivity index (χ1v) is 6.99. The van der Waals surface area contributed by atoms with Crippen molar-refractivity contribution in [3.63, 3.8) is 0 Å². The molecule has 0 aliphatic heterocycles. The molecule has 0 fully saturated rings. The monoisotopic (exact) mass is 290 g/mol. The third kappa shape index (κ3) is 2.83. The number of benzene rings is 1. The second-order valence-electron chi connectivity index (χ2n) is 4.08. The number of rotatable bonds is 3. The number of fused-ring (bicyclic) bond motifs is 1. The summed E-state index contributed by atoms with van der Waals surface area (Å²) >= 11 is 7.55. The van der Waals surface area contributed by atoms with E-state index in [0.29, 0.717) is 11.6 Å². The molecule has 0 spiro atoms. The third-order valence-electron chi connectivity index (χ3n) is 2.60. The lowest BCUT2D eigenvalue weighted by Gasteiger charge is -2.01. The van der Waals surface area contributed by atoms with Crippen LogP contribution in [0.25, 0.3) is 10.2 Å². The summed E-state index contributed by atoms with van der Waals surface area (Å²) < 4.78 is 1.12. The maximum atomic E-state index is 5.95. The average Bonchev–Trinajstić information content (AvgIpc) is 2.78. The maximum Gasteiger partial charge on any atom is 0.184 e. The second-order valence-corrected chi connectivity index (χ2v) is 5.55. The van der Waals surface area contributed by atoms with Gasteiger partial charge in [-0.15, -0.1) is 0 Å². The molecule has 96 valence electrons. The van der Waals surface area contributed by atoms with Gasteiger partial charge >= 0.3 is 0 Å². The smallest absolute Gasteiger partial charge is 0.184 e. The molecule has 3 rings (SSSR count). The van der Waals surface area contributed by atoms with E-state index >= 15 is 0 Å². The van der Waals surface area contributed by atoms with Gasteiger partial charge in [-0.25, -0.2) is 15.0 Å². The van der Waals surface area contributed by atoms with E-state index in [-0.39, 0.29) is 0 Å². The van der Waals surface area contributed by atoms with Crippen LogP contribution in [0.2, 0.25) is 5.02 Å². The van der Waals surface area contributed by atoms with Gasteiger partial charge in [-0.2, -0.15) is 0 Å². The lowest BCUT2D eigenvalue weighted by Crippen LogP contribution is -2.02. The number of aromatic nitrogens is 3. The van der Waals surface area contributed by atoms with Crippen LogP contribution in [0.1, 0.15) is 11.5 Å². The Balaban J connectivity index is 1.78. The van der Waals surface area contributed by atoms with Crippen LogP contribution in [0.15, 0.2) is 30.5 Å². The van der Waals surface area contributed by atoms with Crippen LogP contribution in [-0.4, -0.2) is 15.0 Å². The van der Waals surface area contributed by atoms with Crippen LogP contribution in [0, 0.1) is 6.92 Å². The molecule has 0 aliphatic rings. The lowest BCUT2D eigenvalue weighted by atomic mass is 10.3. The van der Waals surface area contributed by atoms with Gasteiger partial charge in [0.05, 0.1) is 22.5 Å². The molecule has 0 bridgehead atoms. The quantitative estimate of drug-likeness (QED) is 0.800. The van der Waals surface area contributed by atoms with Crippen LogP contribution in [0.3, 0.4) is 0 Å². The Morgan fingerprint density at radius 3 is 3.00 bits per heavy atom. The molecule has 0 saturated heterocycles. The topological polar surface area (TPSA) is 50.7 Å². The van der Waals surface area contributed by atoms with Crippen LogP contribution in [-0.2, 0) is 6.54 Å². The van der Waals surface area contributed by atoms with Gasteiger partial charge in [-0.1, -0.05) is 22.9 Å². The van der Waals surface area contributed by atoms with E-state index in [0.717, 1.165) is 26.9 Å². The van der Waals surface area contributed by atoms with Crippen molar-refractivity contribution in [2.45, 2.75) is 13.5 Å². The number of aryl methyl sites for hydroxylation is 1. The molecule has 1 N–H and O–H groups in total. The number of hydrogen-bond acceptors (Lipinski definition) is 5. The van der Waals surface area contributed by atoms with Gasteiger partial charge in [0.2, 0.25) is 0 Å². The molecule has 3 aromatic rings. The van der Waals surface area contributed by atoms with Gasteiger partial charge < -0.3 is 5.32 Å². The van der Waals surface area contributed by atoms with Crippen LogP contribution >= 0.6 is 22.9 Å². The van der Waals surface area contributed by atoms with Crippen molar-refractivity contribution in [2.24, 2.45) is 0 Å². The first kappa shape index (κ1) is 12.3. The highest BCUT2D eigenvalue weighted by atomic mass is 35.5. The summed E-state index contributed by atoms with van der Waals surface area (Å²) in [5.74, 6) is 0.774. The lowest BCUT2D eigenvalue weighted by molar-refractivity contribution is 0.954. The van der Waals surface area contributed by atoms with Crippen molar-refractivity contribution >= 4 is 38.3 Å².